The molecule has 0 fully saturated rings. The summed E-state index contributed by atoms with van der Waals surface area (Å²) < 4.78 is 5.90. The van der Waals surface area contributed by atoms with Gasteiger partial charge in [0.05, 0.1) is 0 Å². The third-order valence-electron chi connectivity index (χ3n) is 8.74. The molecular formula is C45H76N2O5. The summed E-state index contributed by atoms with van der Waals surface area (Å²) in [6.07, 6.45) is 49.6. The van der Waals surface area contributed by atoms with Gasteiger partial charge in [-0.15, -0.1) is 0 Å². The Kier molecular flexibility index (Phi) is 36.6. The first-order valence-corrected chi connectivity index (χ1v) is 20.8. The van der Waals surface area contributed by atoms with Crippen LogP contribution in [-0.4, -0.2) is 41.6 Å². The second kappa shape index (κ2) is 39.0. The quantitative estimate of drug-likeness (QED) is 0.0336. The Balaban J connectivity index is 4.35. The first-order valence-electron chi connectivity index (χ1n) is 20.8. The van der Waals surface area contributed by atoms with Crippen LogP contribution >= 0.6 is 0 Å². The van der Waals surface area contributed by atoms with E-state index in [1.807, 2.05) is 0 Å². The highest BCUT2D eigenvalue weighted by Gasteiger charge is 2.19. The minimum absolute atomic E-state index is 0.122. The van der Waals surface area contributed by atoms with Crippen molar-refractivity contribution in [2.45, 2.75) is 187 Å². The second-order valence-corrected chi connectivity index (χ2v) is 13.7. The molecule has 52 heavy (non-hydrogen) atoms. The maximum Gasteiger partial charge on any atom is 0.326 e. The Morgan fingerprint density at radius 1 is 0.596 bits per heavy atom. The number of nitrogens with one attached hydrogen (secondary N) is 1. The molecule has 0 saturated heterocycles. The predicted molar refractivity (Wildman–Crippen MR) is 220 cm³/mol. The van der Waals surface area contributed by atoms with Crippen LogP contribution in [0.3, 0.4) is 0 Å². The average Bonchev–Trinajstić information content (AvgIpc) is 3.13. The Labute approximate surface area is 318 Å². The molecule has 0 aromatic carbocycles. The van der Waals surface area contributed by atoms with Crippen molar-refractivity contribution in [2.75, 3.05) is 6.54 Å². The molecule has 296 valence electrons. The molecule has 0 aliphatic rings. The zero-order valence-corrected chi connectivity index (χ0v) is 33.1. The molecule has 0 aliphatic carbocycles. The lowest BCUT2D eigenvalue weighted by Crippen LogP contribution is -2.40. The van der Waals surface area contributed by atoms with Crippen LogP contribution in [0.25, 0.3) is 0 Å². The van der Waals surface area contributed by atoms with E-state index < -0.39 is 12.0 Å². The van der Waals surface area contributed by atoms with E-state index >= 15 is 0 Å². The molecule has 0 radical (unpaired) electrons. The first-order chi connectivity index (χ1) is 25.4. The fourth-order valence-corrected chi connectivity index (χ4v) is 5.62. The number of allylic oxidation sites excluding steroid dienone is 11. The van der Waals surface area contributed by atoms with Gasteiger partial charge in [0.1, 0.15) is 12.1 Å². The summed E-state index contributed by atoms with van der Waals surface area (Å²) in [6, 6.07) is -0.876. The Morgan fingerprint density at radius 2 is 1.12 bits per heavy atom. The lowest BCUT2D eigenvalue weighted by molar-refractivity contribution is -0.147. The molecule has 0 spiro atoms. The van der Waals surface area contributed by atoms with E-state index in [1.54, 1.807) is 0 Å². The number of rotatable bonds is 36. The van der Waals surface area contributed by atoms with Crippen LogP contribution < -0.4 is 11.1 Å². The fourth-order valence-electron chi connectivity index (χ4n) is 5.62. The fraction of sp³-hybridized carbons (Fsp3) is 0.667. The highest BCUT2D eigenvalue weighted by atomic mass is 16.5. The number of carbonyl (C=O) groups excluding carboxylic acids is 2. The van der Waals surface area contributed by atoms with Crippen molar-refractivity contribution in [3.05, 3.63) is 72.9 Å². The van der Waals surface area contributed by atoms with E-state index in [9.17, 15) is 19.5 Å². The van der Waals surface area contributed by atoms with Gasteiger partial charge in [-0.2, -0.15) is 0 Å². The van der Waals surface area contributed by atoms with Crippen LogP contribution in [0.2, 0.25) is 0 Å². The number of unbranched alkanes of at least 4 members (excludes halogenated alkanes) is 12. The van der Waals surface area contributed by atoms with Crippen molar-refractivity contribution in [3.8, 4) is 0 Å². The number of esters is 1. The van der Waals surface area contributed by atoms with Gasteiger partial charge in [0.25, 0.3) is 0 Å². The van der Waals surface area contributed by atoms with Crippen molar-refractivity contribution < 1.29 is 24.2 Å². The lowest BCUT2D eigenvalue weighted by atomic mass is 10.1. The van der Waals surface area contributed by atoms with Crippen LogP contribution in [0, 0.1) is 0 Å². The Hall–Kier alpha value is -3.19. The molecule has 4 N–H and O–H groups in total. The Bertz CT molecular complexity index is 1040. The molecule has 0 aromatic heterocycles. The summed E-state index contributed by atoms with van der Waals surface area (Å²) in [5.74, 6) is -1.37. The van der Waals surface area contributed by atoms with Crippen LogP contribution in [0.1, 0.15) is 174 Å². The van der Waals surface area contributed by atoms with Crippen molar-refractivity contribution >= 4 is 17.8 Å². The number of hydrogen-bond donors (Lipinski definition) is 3. The summed E-state index contributed by atoms with van der Waals surface area (Å²) in [5, 5.41) is 11.9. The number of carboxylic acids is 1. The monoisotopic (exact) mass is 725 g/mol. The highest BCUT2D eigenvalue weighted by molar-refractivity contribution is 5.83. The van der Waals surface area contributed by atoms with Crippen molar-refractivity contribution in [2.24, 2.45) is 5.73 Å². The van der Waals surface area contributed by atoms with Gasteiger partial charge < -0.3 is 20.9 Å². The standard InChI is InChI=1S/C45H76N2O5/c1-3-5-7-9-11-13-14-15-16-17-18-19-20-21-22-23-25-27-33-39-44(49)52-41(35-30-26-24-12-10-8-6-4-2)36-31-28-29-32-38-43(48)47-42(45(50)51)37-34-40-46/h5,7,11,13,15-16,18-19,21-22,30,35,41-42H,3-4,6,8-10,12,14,17,20,23-29,31-34,36-40,46H2,1-2H3,(H,47,48)(H,50,51)/b7-5-,13-11-,16-15-,19-18-,22-21-,35-30-. The van der Waals surface area contributed by atoms with Crippen molar-refractivity contribution in [1.29, 1.82) is 0 Å². The van der Waals surface area contributed by atoms with E-state index in [4.69, 9.17) is 10.5 Å². The molecule has 2 unspecified atom stereocenters. The zero-order valence-electron chi connectivity index (χ0n) is 33.1. The van der Waals surface area contributed by atoms with Gasteiger partial charge in [0.2, 0.25) is 5.91 Å². The average molecular weight is 725 g/mol. The van der Waals surface area contributed by atoms with Crippen molar-refractivity contribution in [3.63, 3.8) is 0 Å². The van der Waals surface area contributed by atoms with Gasteiger partial charge in [0, 0.05) is 12.8 Å². The largest absolute Gasteiger partial charge is 0.480 e. The second-order valence-electron chi connectivity index (χ2n) is 13.7. The van der Waals surface area contributed by atoms with Gasteiger partial charge >= 0.3 is 11.9 Å². The molecule has 2 atom stereocenters. The number of hydrogen-bond acceptors (Lipinski definition) is 5. The van der Waals surface area contributed by atoms with E-state index in [0.29, 0.717) is 38.6 Å². The maximum atomic E-state index is 12.7. The van der Waals surface area contributed by atoms with Crippen LogP contribution in [0.5, 0.6) is 0 Å². The van der Waals surface area contributed by atoms with E-state index in [-0.39, 0.29) is 18.0 Å². The molecule has 0 rings (SSSR count). The van der Waals surface area contributed by atoms with Crippen LogP contribution in [-0.2, 0) is 19.1 Å². The normalized spacial score (nSPS) is 13.4. The summed E-state index contributed by atoms with van der Waals surface area (Å²) in [5.41, 5.74) is 5.48. The van der Waals surface area contributed by atoms with Gasteiger partial charge in [-0.1, -0.05) is 132 Å². The predicted octanol–water partition coefficient (Wildman–Crippen LogP) is 11.6. The van der Waals surface area contributed by atoms with Gasteiger partial charge in [-0.05, 0) is 109 Å². The number of carbonyl (C=O) groups is 3. The molecule has 7 nitrogen and oxygen atoms in total. The van der Waals surface area contributed by atoms with E-state index in [2.05, 4.69) is 92.1 Å². The molecule has 1 amide bonds. The number of nitrogens with two attached hydrogens (primary N) is 1. The maximum absolute atomic E-state index is 12.7. The molecule has 0 aliphatic heterocycles. The lowest BCUT2D eigenvalue weighted by Gasteiger charge is -2.15. The summed E-state index contributed by atoms with van der Waals surface area (Å²) >= 11 is 0. The first kappa shape index (κ1) is 48.8. The van der Waals surface area contributed by atoms with Gasteiger partial charge in [0.15, 0.2) is 0 Å². The van der Waals surface area contributed by atoms with E-state index in [1.165, 1.54) is 32.1 Å². The van der Waals surface area contributed by atoms with Gasteiger partial charge in [-0.25, -0.2) is 4.79 Å². The molecule has 7 heteroatoms. The Morgan fingerprint density at radius 3 is 1.73 bits per heavy atom. The molecule has 0 bridgehead atoms. The molecule has 0 saturated carbocycles. The minimum Gasteiger partial charge on any atom is -0.480 e. The van der Waals surface area contributed by atoms with Crippen LogP contribution in [0.15, 0.2) is 72.9 Å². The highest BCUT2D eigenvalue weighted by Crippen LogP contribution is 2.15. The topological polar surface area (TPSA) is 119 Å². The van der Waals surface area contributed by atoms with Crippen molar-refractivity contribution in [1.82, 2.24) is 5.32 Å². The van der Waals surface area contributed by atoms with Gasteiger partial charge in [-0.3, -0.25) is 9.59 Å². The zero-order chi connectivity index (χ0) is 38.2. The number of amides is 1. The number of carboxylic acid groups (broad SMARTS) is 1. The number of ether oxygens (including phenoxy) is 1. The smallest absolute Gasteiger partial charge is 0.326 e. The minimum atomic E-state index is -1.02. The molecule has 0 heterocycles. The summed E-state index contributed by atoms with van der Waals surface area (Å²) in [4.78, 5) is 36.3. The third kappa shape index (κ3) is 35.2. The third-order valence-corrected chi connectivity index (χ3v) is 8.74. The SMILES string of the molecule is CC/C=C\C/C=C\C/C=C\C/C=C\C/C=C\CCCCCC(=O)OC(/C=C\CCCCCCCC)CCCCCCC(=O)NC(CCCN)C(=O)O. The van der Waals surface area contributed by atoms with Crippen LogP contribution in [0.4, 0.5) is 0 Å². The summed E-state index contributed by atoms with van der Waals surface area (Å²) in [6.45, 7) is 4.78. The molecular weight excluding hydrogens is 649 g/mol. The number of aliphatic carboxylic acids is 1. The molecule has 0 aromatic rings. The van der Waals surface area contributed by atoms with E-state index in [0.717, 1.165) is 96.3 Å². The summed E-state index contributed by atoms with van der Waals surface area (Å²) in [7, 11) is 0.